The summed E-state index contributed by atoms with van der Waals surface area (Å²) in [4.78, 5) is 0. The van der Waals surface area contributed by atoms with E-state index < -0.39 is 8.32 Å². The van der Waals surface area contributed by atoms with Gasteiger partial charge in [-0.2, -0.15) is 0 Å². The third-order valence-electron chi connectivity index (χ3n) is 5.88. The minimum atomic E-state index is -1.71. The Morgan fingerprint density at radius 3 is 2.33 bits per heavy atom. The van der Waals surface area contributed by atoms with Crippen LogP contribution in [0.2, 0.25) is 19.6 Å². The highest BCUT2D eigenvalue weighted by Gasteiger charge is 2.60. The van der Waals surface area contributed by atoms with Gasteiger partial charge in [0.1, 0.15) is 0 Å². The van der Waals surface area contributed by atoms with Gasteiger partial charge in [-0.1, -0.05) is 31.6 Å². The number of ether oxygens (including phenoxy) is 1. The van der Waals surface area contributed by atoms with Crippen molar-refractivity contribution in [1.29, 1.82) is 0 Å². The highest BCUT2D eigenvalue weighted by molar-refractivity contribution is 6.69. The van der Waals surface area contributed by atoms with Crippen molar-refractivity contribution in [3.8, 4) is 0 Å². The molecule has 2 bridgehead atoms. The van der Waals surface area contributed by atoms with Gasteiger partial charge in [0.15, 0.2) is 8.32 Å². The molecule has 0 radical (unpaired) electrons. The van der Waals surface area contributed by atoms with Gasteiger partial charge in [-0.3, -0.25) is 0 Å². The first-order valence-corrected chi connectivity index (χ1v) is 12.6. The Hall–Kier alpha value is -0.643. The van der Waals surface area contributed by atoms with Crippen LogP contribution in [0.5, 0.6) is 0 Å². The lowest BCUT2D eigenvalue weighted by Crippen LogP contribution is -2.64. The summed E-state index contributed by atoms with van der Waals surface area (Å²) >= 11 is 0. The van der Waals surface area contributed by atoms with Crippen LogP contribution in [0.3, 0.4) is 0 Å². The minimum Gasteiger partial charge on any atom is -0.411 e. The molecule has 0 saturated carbocycles. The molecule has 0 amide bonds. The van der Waals surface area contributed by atoms with Gasteiger partial charge >= 0.3 is 0 Å². The van der Waals surface area contributed by atoms with Crippen molar-refractivity contribution >= 4 is 8.32 Å². The number of fused-ring (bicyclic) bond motifs is 2. The highest BCUT2D eigenvalue weighted by Crippen LogP contribution is 2.59. The predicted molar refractivity (Wildman–Crippen MR) is 106 cm³/mol. The average Bonchev–Trinajstić information content (AvgIpc) is 2.39. The van der Waals surface area contributed by atoms with E-state index in [2.05, 4.69) is 60.5 Å². The fourth-order valence-corrected chi connectivity index (χ4v) is 6.44. The number of hydrogen-bond acceptors (Lipinski definition) is 2. The summed E-state index contributed by atoms with van der Waals surface area (Å²) in [6, 6.07) is 0. The molecule has 0 aromatic heterocycles. The van der Waals surface area contributed by atoms with Crippen molar-refractivity contribution in [2.75, 3.05) is 0 Å². The second-order valence-electron chi connectivity index (χ2n) is 9.42. The number of rotatable bonds is 6. The van der Waals surface area contributed by atoms with E-state index in [9.17, 15) is 0 Å². The Morgan fingerprint density at radius 1 is 1.21 bits per heavy atom. The van der Waals surface area contributed by atoms with E-state index in [1.54, 1.807) is 0 Å². The second kappa shape index (κ2) is 6.26. The first-order chi connectivity index (χ1) is 10.9. The molecule has 1 unspecified atom stereocenters. The Morgan fingerprint density at radius 2 is 1.83 bits per heavy atom. The molecule has 1 saturated heterocycles. The third kappa shape index (κ3) is 3.36. The fourth-order valence-electron chi connectivity index (χ4n) is 4.86. The molecule has 2 rings (SSSR count). The molecule has 2 nitrogen and oxygen atoms in total. The normalized spacial score (nSPS) is 35.7. The molecule has 136 valence electrons. The molecule has 3 heteroatoms. The van der Waals surface area contributed by atoms with Crippen LogP contribution in [0, 0.1) is 5.41 Å². The van der Waals surface area contributed by atoms with E-state index >= 15 is 0 Å². The summed E-state index contributed by atoms with van der Waals surface area (Å²) < 4.78 is 13.6. The Kier molecular flexibility index (Phi) is 5.13. The van der Waals surface area contributed by atoms with Crippen LogP contribution in [0.1, 0.15) is 53.4 Å². The third-order valence-corrected chi connectivity index (χ3v) is 6.88. The Labute approximate surface area is 150 Å². The van der Waals surface area contributed by atoms with Crippen LogP contribution >= 0.6 is 0 Å². The summed E-state index contributed by atoms with van der Waals surface area (Å²) in [6.45, 7) is 24.0. The summed E-state index contributed by atoms with van der Waals surface area (Å²) in [5, 5.41) is 0. The van der Waals surface area contributed by atoms with Gasteiger partial charge in [0.25, 0.3) is 0 Å². The summed E-state index contributed by atoms with van der Waals surface area (Å²) in [6.07, 6.45) is 7.81. The topological polar surface area (TPSA) is 18.5 Å². The molecule has 0 spiro atoms. The zero-order valence-corrected chi connectivity index (χ0v) is 17.8. The van der Waals surface area contributed by atoms with Crippen molar-refractivity contribution in [2.24, 2.45) is 5.41 Å². The van der Waals surface area contributed by atoms with Crippen LogP contribution in [-0.2, 0) is 9.16 Å². The number of hydrogen-bond donors (Lipinski definition) is 0. The molecule has 1 aliphatic heterocycles. The van der Waals surface area contributed by atoms with Crippen molar-refractivity contribution < 1.29 is 9.16 Å². The van der Waals surface area contributed by atoms with E-state index in [1.165, 1.54) is 11.1 Å². The minimum absolute atomic E-state index is 0.0196. The Balaban J connectivity index is 2.61. The maximum absolute atomic E-state index is 6.98. The zero-order valence-electron chi connectivity index (χ0n) is 16.8. The van der Waals surface area contributed by atoms with E-state index in [1.807, 2.05) is 12.2 Å². The molecule has 0 aromatic rings. The Bertz CT molecular complexity index is 555. The largest absolute Gasteiger partial charge is 0.411 e. The van der Waals surface area contributed by atoms with Crippen LogP contribution in [-0.4, -0.2) is 25.6 Å². The molecule has 3 atom stereocenters. The van der Waals surface area contributed by atoms with Gasteiger partial charge in [0.05, 0.1) is 17.3 Å². The van der Waals surface area contributed by atoms with E-state index in [0.29, 0.717) is 0 Å². The summed E-state index contributed by atoms with van der Waals surface area (Å²) in [7, 11) is -1.71. The highest BCUT2D eigenvalue weighted by atomic mass is 28.4. The summed E-state index contributed by atoms with van der Waals surface area (Å²) in [5.41, 5.74) is 2.43. The maximum atomic E-state index is 6.98. The molecule has 0 N–H and O–H groups in total. The molecule has 24 heavy (non-hydrogen) atoms. The summed E-state index contributed by atoms with van der Waals surface area (Å²) in [5.74, 6) is 0. The fraction of sp³-hybridized carbons (Fsp3) is 0.714. The smallest absolute Gasteiger partial charge is 0.184 e. The van der Waals surface area contributed by atoms with Crippen LogP contribution in [0.25, 0.3) is 0 Å². The first kappa shape index (κ1) is 19.7. The van der Waals surface area contributed by atoms with Crippen molar-refractivity contribution in [3.05, 3.63) is 36.5 Å². The molecule has 1 aliphatic carbocycles. The standard InChI is InChI=1S/C21H36O2Si/c1-10-12-17-16(3)18-14-21(19(17,4)5,23-24(7,8)9)15-20(6,22-18)13-11-2/h10-11,18H,1-2,12-15H2,3-9H3/t18-,20?,21-/m1/s1. The van der Waals surface area contributed by atoms with Gasteiger partial charge in [0.2, 0.25) is 0 Å². The lowest BCUT2D eigenvalue weighted by Gasteiger charge is -2.62. The molecular weight excluding hydrogens is 312 g/mol. The van der Waals surface area contributed by atoms with Crippen molar-refractivity contribution in [1.82, 2.24) is 0 Å². The molecular formula is C21H36O2Si. The quantitative estimate of drug-likeness (QED) is 0.431. The average molecular weight is 349 g/mol. The van der Waals surface area contributed by atoms with Crippen LogP contribution in [0.15, 0.2) is 36.5 Å². The monoisotopic (exact) mass is 348 g/mol. The SMILES string of the molecule is C=CCC1=C(C)[C@H]2C[C@@](O[Si](C)(C)C)(CC(C)(CC=C)O2)C1(C)C. The van der Waals surface area contributed by atoms with E-state index in [4.69, 9.17) is 9.16 Å². The van der Waals surface area contributed by atoms with Crippen LogP contribution in [0.4, 0.5) is 0 Å². The van der Waals surface area contributed by atoms with Gasteiger partial charge < -0.3 is 9.16 Å². The maximum Gasteiger partial charge on any atom is 0.184 e. The van der Waals surface area contributed by atoms with Crippen molar-refractivity contribution in [3.63, 3.8) is 0 Å². The zero-order chi connectivity index (χ0) is 18.4. The molecule has 1 heterocycles. The molecule has 0 aromatic carbocycles. The van der Waals surface area contributed by atoms with Gasteiger partial charge in [-0.25, -0.2) is 0 Å². The lowest BCUT2D eigenvalue weighted by molar-refractivity contribution is -0.208. The molecule has 1 fully saturated rings. The van der Waals surface area contributed by atoms with Gasteiger partial charge in [-0.15, -0.1) is 13.2 Å². The van der Waals surface area contributed by atoms with E-state index in [-0.39, 0.29) is 22.7 Å². The van der Waals surface area contributed by atoms with Crippen LogP contribution < -0.4 is 0 Å². The first-order valence-electron chi connectivity index (χ1n) is 9.20. The van der Waals surface area contributed by atoms with Gasteiger partial charge in [-0.05, 0) is 51.9 Å². The second-order valence-corrected chi connectivity index (χ2v) is 13.8. The lowest BCUT2D eigenvalue weighted by atomic mass is 9.56. The van der Waals surface area contributed by atoms with Crippen molar-refractivity contribution in [2.45, 2.75) is 90.3 Å². The van der Waals surface area contributed by atoms with Gasteiger partial charge in [0, 0.05) is 18.3 Å². The van der Waals surface area contributed by atoms with E-state index in [0.717, 1.165) is 25.7 Å². The predicted octanol–water partition coefficient (Wildman–Crippen LogP) is 6.02. The molecule has 2 aliphatic rings. The number of allylic oxidation sites excluding steroid dienone is 1.